The number of hydrogen-bond donors (Lipinski definition) is 2. The topological polar surface area (TPSA) is 41.5 Å². The molecule has 0 bridgehead atoms. The van der Waals surface area contributed by atoms with Gasteiger partial charge in [0.05, 0.1) is 13.2 Å². The summed E-state index contributed by atoms with van der Waals surface area (Å²) in [6.07, 6.45) is 1.44. The molecule has 0 aliphatic carbocycles. The first-order valence-corrected chi connectivity index (χ1v) is 5.77. The van der Waals surface area contributed by atoms with E-state index in [4.69, 9.17) is 4.74 Å². The minimum atomic E-state index is -0.191. The fourth-order valence-electron chi connectivity index (χ4n) is 2.32. The van der Waals surface area contributed by atoms with Gasteiger partial charge in [-0.1, -0.05) is 12.1 Å². The van der Waals surface area contributed by atoms with Gasteiger partial charge in [-0.05, 0) is 37.5 Å². The number of hydrogen-bond acceptors (Lipinski definition) is 3. The van der Waals surface area contributed by atoms with Crippen LogP contribution in [0.25, 0.3) is 0 Å². The second-order valence-electron chi connectivity index (χ2n) is 4.52. The average Bonchev–Trinajstić information content (AvgIpc) is 2.28. The van der Waals surface area contributed by atoms with Crippen LogP contribution < -0.4 is 10.1 Å². The lowest BCUT2D eigenvalue weighted by molar-refractivity contribution is 0.0975. The van der Waals surface area contributed by atoms with Gasteiger partial charge in [0.2, 0.25) is 0 Å². The molecular weight excluding hydrogens is 202 g/mol. The maximum Gasteiger partial charge on any atom is 0.118 e. The predicted molar refractivity (Wildman–Crippen MR) is 63.6 cm³/mol. The molecule has 88 valence electrons. The second-order valence-corrected chi connectivity index (χ2v) is 4.52. The maximum atomic E-state index is 9.75. The van der Waals surface area contributed by atoms with E-state index in [0.29, 0.717) is 6.04 Å². The van der Waals surface area contributed by atoms with Crippen LogP contribution in [-0.4, -0.2) is 24.4 Å². The van der Waals surface area contributed by atoms with E-state index in [-0.39, 0.29) is 12.1 Å². The lowest BCUT2D eigenvalue weighted by Gasteiger charge is -2.32. The number of rotatable bonds is 2. The molecule has 1 aromatic carbocycles. The van der Waals surface area contributed by atoms with Crippen LogP contribution in [0.4, 0.5) is 0 Å². The van der Waals surface area contributed by atoms with Crippen LogP contribution in [0.15, 0.2) is 24.3 Å². The Labute approximate surface area is 96.4 Å². The minimum Gasteiger partial charge on any atom is -0.497 e. The van der Waals surface area contributed by atoms with Gasteiger partial charge < -0.3 is 15.2 Å². The van der Waals surface area contributed by atoms with E-state index in [2.05, 4.69) is 24.4 Å². The summed E-state index contributed by atoms with van der Waals surface area (Å²) in [5.74, 6) is 0.869. The van der Waals surface area contributed by atoms with Crippen molar-refractivity contribution < 1.29 is 9.84 Å². The maximum absolute atomic E-state index is 9.75. The summed E-state index contributed by atoms with van der Waals surface area (Å²) >= 11 is 0. The van der Waals surface area contributed by atoms with Crippen LogP contribution in [0.5, 0.6) is 5.75 Å². The zero-order chi connectivity index (χ0) is 11.5. The molecule has 1 heterocycles. The number of nitrogens with one attached hydrogen (secondary N) is 1. The van der Waals surface area contributed by atoms with Crippen molar-refractivity contribution in [3.8, 4) is 5.75 Å². The van der Waals surface area contributed by atoms with E-state index in [1.165, 1.54) is 5.56 Å². The Bertz CT molecular complexity index is 326. The van der Waals surface area contributed by atoms with Crippen molar-refractivity contribution >= 4 is 0 Å². The Morgan fingerprint density at radius 3 is 2.50 bits per heavy atom. The summed E-state index contributed by atoms with van der Waals surface area (Å²) in [6, 6.07) is 8.66. The molecule has 1 saturated heterocycles. The summed E-state index contributed by atoms with van der Waals surface area (Å²) in [7, 11) is 1.67. The standard InChI is InChI=1S/C13H19NO2/c1-9-7-11(15)8-13(14-9)10-3-5-12(16-2)6-4-10/h3-6,9,11,13-15H,7-8H2,1-2H3. The third kappa shape index (κ3) is 2.54. The van der Waals surface area contributed by atoms with Gasteiger partial charge in [0.15, 0.2) is 0 Å². The summed E-state index contributed by atoms with van der Waals surface area (Å²) in [5.41, 5.74) is 1.21. The highest BCUT2D eigenvalue weighted by molar-refractivity contribution is 5.29. The fraction of sp³-hybridized carbons (Fsp3) is 0.538. The molecule has 3 heteroatoms. The number of piperidine rings is 1. The molecule has 3 atom stereocenters. The van der Waals surface area contributed by atoms with Crippen LogP contribution in [0, 0.1) is 0 Å². The zero-order valence-corrected chi connectivity index (χ0v) is 9.81. The van der Waals surface area contributed by atoms with Gasteiger partial charge in [0.1, 0.15) is 5.75 Å². The molecule has 0 aromatic heterocycles. The van der Waals surface area contributed by atoms with Crippen molar-refractivity contribution in [3.63, 3.8) is 0 Å². The van der Waals surface area contributed by atoms with E-state index in [0.717, 1.165) is 18.6 Å². The van der Waals surface area contributed by atoms with Crippen molar-refractivity contribution in [2.75, 3.05) is 7.11 Å². The van der Waals surface area contributed by atoms with Gasteiger partial charge in [-0.3, -0.25) is 0 Å². The predicted octanol–water partition coefficient (Wildman–Crippen LogP) is 1.87. The normalized spacial score (nSPS) is 30.1. The number of ether oxygens (including phenoxy) is 1. The summed E-state index contributed by atoms with van der Waals surface area (Å²) in [6.45, 7) is 2.11. The van der Waals surface area contributed by atoms with Crippen molar-refractivity contribution in [2.24, 2.45) is 0 Å². The molecule has 2 rings (SSSR count). The Kier molecular flexibility index (Phi) is 3.46. The third-order valence-electron chi connectivity index (χ3n) is 3.14. The molecule has 0 amide bonds. The molecule has 2 N–H and O–H groups in total. The SMILES string of the molecule is COc1ccc(C2CC(O)CC(C)N2)cc1. The third-order valence-corrected chi connectivity index (χ3v) is 3.14. The molecule has 3 nitrogen and oxygen atoms in total. The largest absolute Gasteiger partial charge is 0.497 e. The van der Waals surface area contributed by atoms with Crippen molar-refractivity contribution in [2.45, 2.75) is 38.0 Å². The number of aliphatic hydroxyl groups excluding tert-OH is 1. The van der Waals surface area contributed by atoms with Gasteiger partial charge >= 0.3 is 0 Å². The molecule has 0 radical (unpaired) electrons. The van der Waals surface area contributed by atoms with Gasteiger partial charge in [-0.2, -0.15) is 0 Å². The highest BCUT2D eigenvalue weighted by atomic mass is 16.5. The first kappa shape index (κ1) is 11.4. The van der Waals surface area contributed by atoms with Crippen molar-refractivity contribution in [1.29, 1.82) is 0 Å². The molecule has 3 unspecified atom stereocenters. The Morgan fingerprint density at radius 2 is 1.94 bits per heavy atom. The van der Waals surface area contributed by atoms with Crippen LogP contribution in [0.1, 0.15) is 31.4 Å². The van der Waals surface area contributed by atoms with Crippen LogP contribution >= 0.6 is 0 Å². The molecule has 16 heavy (non-hydrogen) atoms. The first-order valence-electron chi connectivity index (χ1n) is 5.77. The zero-order valence-electron chi connectivity index (χ0n) is 9.81. The van der Waals surface area contributed by atoms with Crippen molar-refractivity contribution in [1.82, 2.24) is 5.32 Å². The Morgan fingerprint density at radius 1 is 1.25 bits per heavy atom. The Balaban J connectivity index is 2.10. The lowest BCUT2D eigenvalue weighted by atomic mass is 9.92. The van der Waals surface area contributed by atoms with Crippen LogP contribution in [0.2, 0.25) is 0 Å². The molecule has 1 fully saturated rings. The summed E-state index contributed by atoms with van der Waals surface area (Å²) in [4.78, 5) is 0. The number of methoxy groups -OCH3 is 1. The fourth-order valence-corrected chi connectivity index (χ4v) is 2.32. The average molecular weight is 221 g/mol. The van der Waals surface area contributed by atoms with E-state index >= 15 is 0 Å². The van der Waals surface area contributed by atoms with E-state index in [1.54, 1.807) is 7.11 Å². The minimum absolute atomic E-state index is 0.191. The molecule has 1 aliphatic heterocycles. The Hall–Kier alpha value is -1.06. The monoisotopic (exact) mass is 221 g/mol. The van der Waals surface area contributed by atoms with Crippen LogP contribution in [0.3, 0.4) is 0 Å². The summed E-state index contributed by atoms with van der Waals surface area (Å²) in [5, 5.41) is 13.2. The molecule has 0 spiro atoms. The van der Waals surface area contributed by atoms with Gasteiger partial charge in [-0.25, -0.2) is 0 Å². The highest BCUT2D eigenvalue weighted by Gasteiger charge is 2.25. The lowest BCUT2D eigenvalue weighted by Crippen LogP contribution is -2.40. The second kappa shape index (κ2) is 4.85. The van der Waals surface area contributed by atoms with Gasteiger partial charge in [-0.15, -0.1) is 0 Å². The van der Waals surface area contributed by atoms with Crippen molar-refractivity contribution in [3.05, 3.63) is 29.8 Å². The number of benzene rings is 1. The van der Waals surface area contributed by atoms with E-state index in [1.807, 2.05) is 12.1 Å². The molecular formula is C13H19NO2. The quantitative estimate of drug-likeness (QED) is 0.801. The summed E-state index contributed by atoms with van der Waals surface area (Å²) < 4.78 is 5.13. The van der Waals surface area contributed by atoms with Gasteiger partial charge in [0, 0.05) is 12.1 Å². The number of aliphatic hydroxyl groups is 1. The highest BCUT2D eigenvalue weighted by Crippen LogP contribution is 2.27. The first-order chi connectivity index (χ1) is 7.69. The smallest absolute Gasteiger partial charge is 0.118 e. The molecule has 1 aromatic rings. The van der Waals surface area contributed by atoms with E-state index < -0.39 is 0 Å². The van der Waals surface area contributed by atoms with Crippen LogP contribution in [-0.2, 0) is 0 Å². The molecule has 1 aliphatic rings. The van der Waals surface area contributed by atoms with Gasteiger partial charge in [0.25, 0.3) is 0 Å². The van der Waals surface area contributed by atoms with E-state index in [9.17, 15) is 5.11 Å². The molecule has 0 saturated carbocycles.